The van der Waals surface area contributed by atoms with Crippen LogP contribution in [0.2, 0.25) is 0 Å². The summed E-state index contributed by atoms with van der Waals surface area (Å²) in [6, 6.07) is 11.2. The Morgan fingerprint density at radius 3 is 2.54 bits per heavy atom. The second-order valence-corrected chi connectivity index (χ2v) is 12.9. The number of aromatic nitrogens is 3. The summed E-state index contributed by atoms with van der Waals surface area (Å²) in [6.07, 6.45) is 0.984. The molecule has 0 aromatic carbocycles. The van der Waals surface area contributed by atoms with Crippen molar-refractivity contribution in [2.75, 3.05) is 30.4 Å². The van der Waals surface area contributed by atoms with Crippen LogP contribution in [-0.4, -0.2) is 60.7 Å². The first-order valence-electron chi connectivity index (χ1n) is 13.6. The average molecular weight is 583 g/mol. The zero-order valence-corrected chi connectivity index (χ0v) is 25.2. The van der Waals surface area contributed by atoms with Gasteiger partial charge in [0.1, 0.15) is 18.2 Å². The van der Waals surface area contributed by atoms with E-state index in [1.54, 1.807) is 12.1 Å². The number of ether oxygens (including phenoxy) is 2. The van der Waals surface area contributed by atoms with E-state index in [9.17, 15) is 13.2 Å². The maximum absolute atomic E-state index is 13.5. The van der Waals surface area contributed by atoms with Crippen molar-refractivity contribution in [2.24, 2.45) is 5.92 Å². The molecular formula is C29H38N6O5S. The number of nitrogens with zero attached hydrogens (tertiary/aromatic N) is 4. The fraction of sp³-hybridized carbons (Fsp3) is 0.448. The molecule has 3 N–H and O–H groups in total. The first-order valence-corrected chi connectivity index (χ1v) is 15.1. The average Bonchev–Trinajstić information content (AvgIpc) is 3.17. The van der Waals surface area contributed by atoms with Crippen molar-refractivity contribution < 1.29 is 22.7 Å². The molecule has 4 heterocycles. The molecule has 1 saturated heterocycles. The minimum absolute atomic E-state index is 0.0290. The molecule has 0 aliphatic carbocycles. The van der Waals surface area contributed by atoms with Gasteiger partial charge in [0.15, 0.2) is 5.03 Å². The number of hydrogen-bond donors (Lipinski definition) is 2. The van der Waals surface area contributed by atoms with Crippen molar-refractivity contribution in [1.82, 2.24) is 19.7 Å². The van der Waals surface area contributed by atoms with Crippen LogP contribution in [0.5, 0.6) is 5.88 Å². The Morgan fingerprint density at radius 2 is 1.88 bits per heavy atom. The van der Waals surface area contributed by atoms with E-state index in [2.05, 4.69) is 40.4 Å². The van der Waals surface area contributed by atoms with Gasteiger partial charge in [0.25, 0.3) is 15.9 Å². The lowest BCUT2D eigenvalue weighted by Crippen LogP contribution is -2.41. The lowest BCUT2D eigenvalue weighted by molar-refractivity contribution is 0.0542. The number of nitrogens with two attached hydrogens (primary N) is 1. The standard InChI is InChI=1S/C29H38N6O5S/c1-18(2)39-12-13-40-25-15-19(3)14-23(31-25)22-11-10-21(27(32-22)35-17-20(4)16-29(35,5)6)28(36)34-41(37,38)26-9-7-8-24(30)33-26/h7-11,14-15,18,20H,12-13,16-17H2,1-6H3,(H2,30,33)(H,34,36)/t20-/m0/s1. The molecule has 1 atom stereocenters. The molecule has 1 aliphatic heterocycles. The van der Waals surface area contributed by atoms with Gasteiger partial charge in [-0.15, -0.1) is 0 Å². The third-order valence-electron chi connectivity index (χ3n) is 6.69. The number of carbonyl (C=O) groups excluding carboxylic acids is 1. The number of sulfonamides is 1. The second-order valence-electron chi connectivity index (χ2n) is 11.3. The van der Waals surface area contributed by atoms with Crippen molar-refractivity contribution in [2.45, 2.75) is 64.6 Å². The van der Waals surface area contributed by atoms with Gasteiger partial charge < -0.3 is 20.1 Å². The summed E-state index contributed by atoms with van der Waals surface area (Å²) in [4.78, 5) is 28.9. The van der Waals surface area contributed by atoms with Crippen LogP contribution in [-0.2, 0) is 14.8 Å². The molecule has 11 nitrogen and oxygen atoms in total. The molecule has 12 heteroatoms. The predicted molar refractivity (Wildman–Crippen MR) is 157 cm³/mol. The zero-order chi connectivity index (χ0) is 29.9. The summed E-state index contributed by atoms with van der Waals surface area (Å²) in [5.41, 5.74) is 7.49. The lowest BCUT2D eigenvalue weighted by atomic mass is 9.97. The quantitative estimate of drug-likeness (QED) is 0.336. The van der Waals surface area contributed by atoms with Gasteiger partial charge in [-0.1, -0.05) is 13.0 Å². The molecular weight excluding hydrogens is 544 g/mol. The lowest BCUT2D eigenvalue weighted by Gasteiger charge is -2.34. The zero-order valence-electron chi connectivity index (χ0n) is 24.3. The van der Waals surface area contributed by atoms with E-state index < -0.39 is 15.9 Å². The monoisotopic (exact) mass is 582 g/mol. The molecule has 3 aromatic rings. The number of aryl methyl sites for hydroxylation is 1. The molecule has 0 unspecified atom stereocenters. The Morgan fingerprint density at radius 1 is 1.12 bits per heavy atom. The SMILES string of the molecule is Cc1cc(OCCOC(C)C)nc(-c2ccc(C(=O)NS(=O)(=O)c3cccc(N)n3)c(N3C[C@@H](C)CC3(C)C)n2)c1. The van der Waals surface area contributed by atoms with Gasteiger partial charge in [-0.2, -0.15) is 8.42 Å². The van der Waals surface area contributed by atoms with Crippen molar-refractivity contribution in [3.8, 4) is 17.3 Å². The Balaban J connectivity index is 1.71. The maximum Gasteiger partial charge on any atom is 0.281 e. The van der Waals surface area contributed by atoms with Crippen LogP contribution < -0.4 is 20.1 Å². The number of pyridine rings is 3. The molecule has 41 heavy (non-hydrogen) atoms. The number of rotatable bonds is 10. The molecule has 220 valence electrons. The Labute approximate surface area is 241 Å². The fourth-order valence-corrected chi connectivity index (χ4v) is 5.96. The van der Waals surface area contributed by atoms with E-state index in [0.717, 1.165) is 12.0 Å². The highest BCUT2D eigenvalue weighted by molar-refractivity contribution is 7.90. The number of nitrogen functional groups attached to an aromatic ring is 1. The van der Waals surface area contributed by atoms with Crippen LogP contribution in [0.25, 0.3) is 11.4 Å². The maximum atomic E-state index is 13.5. The van der Waals surface area contributed by atoms with Crippen LogP contribution in [0.4, 0.5) is 11.6 Å². The van der Waals surface area contributed by atoms with E-state index in [-0.39, 0.29) is 28.1 Å². The number of amides is 1. The van der Waals surface area contributed by atoms with Crippen molar-refractivity contribution >= 4 is 27.6 Å². The van der Waals surface area contributed by atoms with Crippen LogP contribution in [0.1, 0.15) is 57.0 Å². The summed E-state index contributed by atoms with van der Waals surface area (Å²) >= 11 is 0. The number of nitrogens with one attached hydrogen (secondary N) is 1. The number of carbonyl (C=O) groups is 1. The Hall–Kier alpha value is -3.77. The van der Waals surface area contributed by atoms with E-state index >= 15 is 0 Å². The van der Waals surface area contributed by atoms with E-state index in [0.29, 0.717) is 48.8 Å². The highest BCUT2D eigenvalue weighted by Crippen LogP contribution is 2.38. The van der Waals surface area contributed by atoms with Gasteiger partial charge >= 0.3 is 0 Å². The highest BCUT2D eigenvalue weighted by Gasteiger charge is 2.39. The Kier molecular flexibility index (Phi) is 8.83. The van der Waals surface area contributed by atoms with Crippen molar-refractivity contribution in [3.63, 3.8) is 0 Å². The van der Waals surface area contributed by atoms with Gasteiger partial charge in [0.05, 0.1) is 29.7 Å². The van der Waals surface area contributed by atoms with Gasteiger partial charge in [-0.3, -0.25) is 4.79 Å². The molecule has 1 fully saturated rings. The Bertz CT molecular complexity index is 1530. The normalized spacial score (nSPS) is 16.7. The minimum Gasteiger partial charge on any atom is -0.475 e. The topological polar surface area (TPSA) is 150 Å². The summed E-state index contributed by atoms with van der Waals surface area (Å²) in [6.45, 7) is 13.6. The van der Waals surface area contributed by atoms with E-state index in [1.807, 2.05) is 32.9 Å². The third kappa shape index (κ3) is 7.31. The highest BCUT2D eigenvalue weighted by atomic mass is 32.2. The van der Waals surface area contributed by atoms with Crippen molar-refractivity contribution in [3.05, 3.63) is 53.6 Å². The molecule has 1 amide bonds. The molecule has 4 rings (SSSR count). The summed E-state index contributed by atoms with van der Waals surface area (Å²) in [5, 5.41) is -0.345. The van der Waals surface area contributed by atoms with E-state index in [1.165, 1.54) is 18.2 Å². The molecule has 0 saturated carbocycles. The van der Waals surface area contributed by atoms with Crippen LogP contribution in [0.3, 0.4) is 0 Å². The molecule has 0 bridgehead atoms. The van der Waals surface area contributed by atoms with Crippen LogP contribution in [0.15, 0.2) is 47.5 Å². The van der Waals surface area contributed by atoms with Crippen LogP contribution in [0, 0.1) is 12.8 Å². The summed E-state index contributed by atoms with van der Waals surface area (Å²) in [7, 11) is -4.28. The van der Waals surface area contributed by atoms with Gasteiger partial charge in [-0.05, 0) is 82.9 Å². The molecule has 0 spiro atoms. The largest absolute Gasteiger partial charge is 0.475 e. The minimum atomic E-state index is -4.28. The summed E-state index contributed by atoms with van der Waals surface area (Å²) in [5.74, 6) is 0.373. The number of hydrogen-bond acceptors (Lipinski definition) is 10. The van der Waals surface area contributed by atoms with Gasteiger partial charge in [0.2, 0.25) is 5.88 Å². The molecule has 3 aromatic heterocycles. The molecule has 1 aliphatic rings. The van der Waals surface area contributed by atoms with Crippen LogP contribution >= 0.6 is 0 Å². The van der Waals surface area contributed by atoms with E-state index in [4.69, 9.17) is 20.2 Å². The summed E-state index contributed by atoms with van der Waals surface area (Å²) < 4.78 is 39.5. The first-order chi connectivity index (χ1) is 19.2. The fourth-order valence-electron chi connectivity index (χ4n) is 5.01. The second kappa shape index (κ2) is 12.0. The van der Waals surface area contributed by atoms with Crippen molar-refractivity contribution in [1.29, 1.82) is 0 Å². The smallest absolute Gasteiger partial charge is 0.281 e. The third-order valence-corrected chi connectivity index (χ3v) is 7.92. The molecule has 0 radical (unpaired) electrons. The predicted octanol–water partition coefficient (Wildman–Crippen LogP) is 3.98. The van der Waals surface area contributed by atoms with Gasteiger partial charge in [-0.25, -0.2) is 19.7 Å². The first kappa shape index (κ1) is 30.2. The number of anilines is 2. The van der Waals surface area contributed by atoms with Gasteiger partial charge in [0, 0.05) is 18.2 Å².